The largest absolute Gasteiger partial charge is 0.508 e. The summed E-state index contributed by atoms with van der Waals surface area (Å²) in [6.45, 7) is 0.0904. The number of halogens is 3. The van der Waals surface area contributed by atoms with Gasteiger partial charge in [0.25, 0.3) is 0 Å². The number of phenols is 1. The third-order valence-electron chi connectivity index (χ3n) is 2.29. The second kappa shape index (κ2) is 5.35. The molecule has 0 unspecified atom stereocenters. The van der Waals surface area contributed by atoms with Crippen molar-refractivity contribution in [3.8, 4) is 11.5 Å². The summed E-state index contributed by atoms with van der Waals surface area (Å²) in [6.07, 6.45) is 0. The zero-order valence-corrected chi connectivity index (χ0v) is 10.7. The maximum Gasteiger partial charge on any atom is 0.200 e. The van der Waals surface area contributed by atoms with Gasteiger partial charge < -0.3 is 9.84 Å². The molecule has 5 heteroatoms. The van der Waals surface area contributed by atoms with E-state index in [4.69, 9.17) is 9.84 Å². The van der Waals surface area contributed by atoms with Crippen molar-refractivity contribution in [3.05, 3.63) is 58.1 Å². The van der Waals surface area contributed by atoms with Gasteiger partial charge in [0, 0.05) is 4.47 Å². The lowest BCUT2D eigenvalue weighted by Crippen LogP contribution is -1.99. The van der Waals surface area contributed by atoms with Crippen LogP contribution in [-0.2, 0) is 6.61 Å². The first-order chi connectivity index (χ1) is 8.56. The van der Waals surface area contributed by atoms with Crippen LogP contribution in [0.25, 0.3) is 0 Å². The van der Waals surface area contributed by atoms with Crippen molar-refractivity contribution in [1.82, 2.24) is 0 Å². The van der Waals surface area contributed by atoms with Crippen molar-refractivity contribution >= 4 is 15.9 Å². The minimum absolute atomic E-state index is 0.0904. The van der Waals surface area contributed by atoms with Crippen LogP contribution in [0.4, 0.5) is 8.78 Å². The summed E-state index contributed by atoms with van der Waals surface area (Å²) < 4.78 is 32.1. The van der Waals surface area contributed by atoms with Crippen LogP contribution in [0, 0.1) is 11.6 Å². The average Bonchev–Trinajstić information content (AvgIpc) is 2.34. The number of aromatic hydroxyl groups is 1. The van der Waals surface area contributed by atoms with Gasteiger partial charge in [-0.15, -0.1) is 0 Å². The highest BCUT2D eigenvalue weighted by molar-refractivity contribution is 9.10. The molecule has 2 aromatic carbocycles. The second-order valence-electron chi connectivity index (χ2n) is 3.65. The van der Waals surface area contributed by atoms with E-state index in [0.29, 0.717) is 4.47 Å². The van der Waals surface area contributed by atoms with Crippen LogP contribution < -0.4 is 4.74 Å². The molecule has 1 N–H and O–H groups in total. The molecule has 0 atom stereocenters. The maximum atomic E-state index is 13.4. The fraction of sp³-hybridized carbons (Fsp3) is 0.0769. The smallest absolute Gasteiger partial charge is 0.200 e. The van der Waals surface area contributed by atoms with E-state index in [-0.39, 0.29) is 18.1 Å². The van der Waals surface area contributed by atoms with Gasteiger partial charge in [-0.2, -0.15) is 4.39 Å². The highest BCUT2D eigenvalue weighted by atomic mass is 79.9. The van der Waals surface area contributed by atoms with Gasteiger partial charge in [0.1, 0.15) is 12.4 Å². The van der Waals surface area contributed by atoms with Crippen LogP contribution in [0.1, 0.15) is 5.56 Å². The SMILES string of the molecule is Oc1ccc(COc2cc(Br)cc(F)c2F)cc1. The van der Waals surface area contributed by atoms with Crippen molar-refractivity contribution in [1.29, 1.82) is 0 Å². The highest BCUT2D eigenvalue weighted by Gasteiger charge is 2.11. The van der Waals surface area contributed by atoms with E-state index in [1.165, 1.54) is 18.2 Å². The number of phenolic OH excluding ortho intramolecular Hbond substituents is 1. The number of hydrogen-bond acceptors (Lipinski definition) is 2. The normalized spacial score (nSPS) is 10.4. The first-order valence-electron chi connectivity index (χ1n) is 5.11. The Morgan fingerprint density at radius 1 is 1.11 bits per heavy atom. The molecule has 0 amide bonds. The van der Waals surface area contributed by atoms with Crippen molar-refractivity contribution < 1.29 is 18.6 Å². The van der Waals surface area contributed by atoms with Crippen LogP contribution in [0.5, 0.6) is 11.5 Å². The summed E-state index contributed by atoms with van der Waals surface area (Å²) in [5, 5.41) is 9.10. The third-order valence-corrected chi connectivity index (χ3v) is 2.75. The molecular weight excluding hydrogens is 306 g/mol. The van der Waals surface area contributed by atoms with Gasteiger partial charge in [-0.25, -0.2) is 4.39 Å². The van der Waals surface area contributed by atoms with Crippen LogP contribution >= 0.6 is 15.9 Å². The quantitative estimate of drug-likeness (QED) is 0.867. The molecule has 2 rings (SSSR count). The number of benzene rings is 2. The van der Waals surface area contributed by atoms with Gasteiger partial charge in [0.15, 0.2) is 11.6 Å². The zero-order valence-electron chi connectivity index (χ0n) is 9.16. The summed E-state index contributed by atoms with van der Waals surface area (Å²) >= 11 is 3.06. The van der Waals surface area contributed by atoms with Crippen LogP contribution in [-0.4, -0.2) is 5.11 Å². The summed E-state index contributed by atoms with van der Waals surface area (Å²) in [7, 11) is 0. The molecule has 0 aliphatic carbocycles. The Morgan fingerprint density at radius 2 is 1.78 bits per heavy atom. The lowest BCUT2D eigenvalue weighted by atomic mass is 10.2. The predicted molar refractivity (Wildman–Crippen MR) is 66.5 cm³/mol. The predicted octanol–water partition coefficient (Wildman–Crippen LogP) is 4.01. The molecule has 0 fully saturated rings. The lowest BCUT2D eigenvalue weighted by Gasteiger charge is -2.08. The van der Waals surface area contributed by atoms with Gasteiger partial charge in [-0.05, 0) is 29.8 Å². The second-order valence-corrected chi connectivity index (χ2v) is 4.57. The minimum Gasteiger partial charge on any atom is -0.508 e. The fourth-order valence-electron chi connectivity index (χ4n) is 1.39. The Hall–Kier alpha value is -1.62. The molecule has 0 heterocycles. The van der Waals surface area contributed by atoms with Gasteiger partial charge >= 0.3 is 0 Å². The molecule has 2 aromatic rings. The van der Waals surface area contributed by atoms with Crippen molar-refractivity contribution in [2.45, 2.75) is 6.61 Å². The molecule has 0 bridgehead atoms. The summed E-state index contributed by atoms with van der Waals surface area (Å²) in [5.74, 6) is -2.00. The Morgan fingerprint density at radius 3 is 2.44 bits per heavy atom. The molecule has 0 aliphatic rings. The van der Waals surface area contributed by atoms with Crippen molar-refractivity contribution in [3.63, 3.8) is 0 Å². The Bertz CT molecular complexity index is 556. The molecule has 0 spiro atoms. The molecule has 0 aromatic heterocycles. The van der Waals surface area contributed by atoms with Gasteiger partial charge in [0.2, 0.25) is 5.82 Å². The first-order valence-corrected chi connectivity index (χ1v) is 5.91. The van der Waals surface area contributed by atoms with Crippen LogP contribution in [0.15, 0.2) is 40.9 Å². The van der Waals surface area contributed by atoms with Gasteiger partial charge in [-0.1, -0.05) is 28.1 Å². The Kier molecular flexibility index (Phi) is 3.81. The van der Waals surface area contributed by atoms with Gasteiger partial charge in [0.05, 0.1) is 0 Å². The molecule has 0 saturated heterocycles. The molecule has 94 valence electrons. The molecule has 0 aliphatic heterocycles. The number of ether oxygens (including phenoxy) is 1. The van der Waals surface area contributed by atoms with E-state index in [0.717, 1.165) is 11.6 Å². The van der Waals surface area contributed by atoms with Crippen molar-refractivity contribution in [2.75, 3.05) is 0 Å². The standard InChI is InChI=1S/C13H9BrF2O2/c14-9-5-11(15)13(16)12(6-9)18-7-8-1-3-10(17)4-2-8/h1-6,17H,7H2. The lowest BCUT2D eigenvalue weighted by molar-refractivity contribution is 0.284. The molecule has 0 radical (unpaired) electrons. The van der Waals surface area contributed by atoms with E-state index in [2.05, 4.69) is 15.9 Å². The monoisotopic (exact) mass is 314 g/mol. The van der Waals surface area contributed by atoms with E-state index < -0.39 is 11.6 Å². The first kappa shape index (κ1) is 12.8. The van der Waals surface area contributed by atoms with Crippen molar-refractivity contribution in [2.24, 2.45) is 0 Å². The third kappa shape index (κ3) is 2.98. The summed E-state index contributed by atoms with van der Waals surface area (Å²) in [6, 6.07) is 8.66. The maximum absolute atomic E-state index is 13.4. The Balaban J connectivity index is 2.13. The molecule has 2 nitrogen and oxygen atoms in total. The van der Waals surface area contributed by atoms with E-state index >= 15 is 0 Å². The molecule has 0 saturated carbocycles. The zero-order chi connectivity index (χ0) is 13.1. The highest BCUT2D eigenvalue weighted by Crippen LogP contribution is 2.26. The molecule has 18 heavy (non-hydrogen) atoms. The number of hydrogen-bond donors (Lipinski definition) is 1. The number of rotatable bonds is 3. The topological polar surface area (TPSA) is 29.5 Å². The summed E-state index contributed by atoms with van der Waals surface area (Å²) in [5.41, 5.74) is 0.743. The van der Waals surface area contributed by atoms with E-state index in [1.54, 1.807) is 12.1 Å². The average molecular weight is 315 g/mol. The van der Waals surface area contributed by atoms with E-state index in [1.807, 2.05) is 0 Å². The molecular formula is C13H9BrF2O2. The summed E-state index contributed by atoms with van der Waals surface area (Å²) in [4.78, 5) is 0. The van der Waals surface area contributed by atoms with E-state index in [9.17, 15) is 8.78 Å². The Labute approximate surface area is 111 Å². The van der Waals surface area contributed by atoms with Crippen LogP contribution in [0.2, 0.25) is 0 Å². The van der Waals surface area contributed by atoms with Gasteiger partial charge in [-0.3, -0.25) is 0 Å². The minimum atomic E-state index is -1.02. The fourth-order valence-corrected chi connectivity index (χ4v) is 1.80. The van der Waals surface area contributed by atoms with Crippen LogP contribution in [0.3, 0.4) is 0 Å².